The fraction of sp³-hybridized carbons (Fsp3) is 0.643. The van der Waals surface area contributed by atoms with Crippen LogP contribution in [0.1, 0.15) is 12.2 Å². The van der Waals surface area contributed by atoms with Crippen molar-refractivity contribution in [2.24, 2.45) is 0 Å². The lowest BCUT2D eigenvalue weighted by Gasteiger charge is -2.12. The molecule has 0 bridgehead atoms. The molecule has 1 unspecified atom stereocenters. The van der Waals surface area contributed by atoms with Crippen LogP contribution in [0.3, 0.4) is 0 Å². The van der Waals surface area contributed by atoms with Crippen molar-refractivity contribution in [3.63, 3.8) is 0 Å². The van der Waals surface area contributed by atoms with Gasteiger partial charge in [0.25, 0.3) is 0 Å². The lowest BCUT2D eigenvalue weighted by Crippen LogP contribution is -2.34. The van der Waals surface area contributed by atoms with Crippen LogP contribution < -0.4 is 10.6 Å². The second-order valence-corrected chi connectivity index (χ2v) is 4.55. The Bertz CT molecular complexity index is 369. The highest BCUT2D eigenvalue weighted by Crippen LogP contribution is 2.01. The van der Waals surface area contributed by atoms with Crippen LogP contribution in [-0.2, 0) is 20.9 Å². The molecule has 1 rings (SSSR count). The van der Waals surface area contributed by atoms with Gasteiger partial charge in [-0.05, 0) is 12.1 Å². The van der Waals surface area contributed by atoms with Crippen molar-refractivity contribution in [1.29, 1.82) is 0 Å². The summed E-state index contributed by atoms with van der Waals surface area (Å²) in [5.74, 6) is 0.686. The minimum absolute atomic E-state index is 0.0388. The van der Waals surface area contributed by atoms with Crippen molar-refractivity contribution >= 4 is 5.91 Å². The molecule has 0 radical (unpaired) electrons. The van der Waals surface area contributed by atoms with Gasteiger partial charge in [-0.1, -0.05) is 0 Å². The molecular weight excluding hydrogens is 276 g/mol. The number of carbonyl (C=O) groups excluding carboxylic acids is 1. The molecule has 0 aliphatic carbocycles. The van der Waals surface area contributed by atoms with E-state index in [0.29, 0.717) is 39.3 Å². The zero-order chi connectivity index (χ0) is 15.3. The molecule has 0 aromatic carbocycles. The Morgan fingerprint density at radius 1 is 1.48 bits per heavy atom. The Labute approximate surface area is 124 Å². The number of furan rings is 1. The van der Waals surface area contributed by atoms with Crippen molar-refractivity contribution in [3.8, 4) is 0 Å². The van der Waals surface area contributed by atoms with E-state index in [1.165, 1.54) is 0 Å². The highest BCUT2D eigenvalue weighted by atomic mass is 16.5. The van der Waals surface area contributed by atoms with Crippen LogP contribution in [0.5, 0.6) is 0 Å². The molecule has 7 heteroatoms. The average molecular weight is 300 g/mol. The van der Waals surface area contributed by atoms with Crippen molar-refractivity contribution in [2.75, 3.05) is 40.0 Å². The largest absolute Gasteiger partial charge is 0.467 e. The van der Waals surface area contributed by atoms with Gasteiger partial charge >= 0.3 is 0 Å². The number of hydrogen-bond acceptors (Lipinski definition) is 6. The summed E-state index contributed by atoms with van der Waals surface area (Å²) in [6, 6.07) is 3.60. The number of nitrogens with one attached hydrogen (secondary N) is 2. The van der Waals surface area contributed by atoms with Crippen molar-refractivity contribution in [3.05, 3.63) is 24.2 Å². The standard InChI is InChI=1S/C14H24N2O5/c1-19-8-6-16-14(18)4-5-15-9-12(17)10-20-11-13-3-2-7-21-13/h2-3,7,12,15,17H,4-6,8-11H2,1H3,(H,16,18). The maximum atomic E-state index is 11.4. The summed E-state index contributed by atoms with van der Waals surface area (Å²) in [4.78, 5) is 11.4. The fourth-order valence-electron chi connectivity index (χ4n) is 1.60. The summed E-state index contributed by atoms with van der Waals surface area (Å²) >= 11 is 0. The molecule has 1 atom stereocenters. The summed E-state index contributed by atoms with van der Waals surface area (Å²) in [5.41, 5.74) is 0. The topological polar surface area (TPSA) is 93.0 Å². The molecule has 1 aromatic heterocycles. The summed E-state index contributed by atoms with van der Waals surface area (Å²) in [6.07, 6.45) is 1.33. The summed E-state index contributed by atoms with van der Waals surface area (Å²) < 4.78 is 15.2. The minimum Gasteiger partial charge on any atom is -0.467 e. The van der Waals surface area contributed by atoms with Crippen LogP contribution in [-0.4, -0.2) is 57.1 Å². The highest BCUT2D eigenvalue weighted by Gasteiger charge is 2.06. The predicted octanol–water partition coefficient (Wildman–Crippen LogP) is -0.101. The van der Waals surface area contributed by atoms with Gasteiger partial charge in [0.2, 0.25) is 5.91 Å². The quantitative estimate of drug-likeness (QED) is 0.467. The molecule has 0 saturated heterocycles. The van der Waals surface area contributed by atoms with E-state index >= 15 is 0 Å². The second-order valence-electron chi connectivity index (χ2n) is 4.55. The third-order valence-corrected chi connectivity index (χ3v) is 2.67. The van der Waals surface area contributed by atoms with Gasteiger partial charge in [0, 0.05) is 33.2 Å². The molecule has 7 nitrogen and oxygen atoms in total. The summed E-state index contributed by atoms with van der Waals surface area (Å²) in [7, 11) is 1.59. The van der Waals surface area contributed by atoms with E-state index in [4.69, 9.17) is 13.9 Å². The maximum absolute atomic E-state index is 11.4. The lowest BCUT2D eigenvalue weighted by molar-refractivity contribution is -0.121. The molecule has 1 aromatic rings. The number of ether oxygens (including phenoxy) is 2. The fourth-order valence-corrected chi connectivity index (χ4v) is 1.60. The number of aliphatic hydroxyl groups excluding tert-OH is 1. The molecular formula is C14H24N2O5. The van der Waals surface area contributed by atoms with Crippen LogP contribution in [0.25, 0.3) is 0 Å². The van der Waals surface area contributed by atoms with Gasteiger partial charge in [-0.15, -0.1) is 0 Å². The first-order valence-electron chi connectivity index (χ1n) is 6.97. The summed E-state index contributed by atoms with van der Waals surface area (Å²) in [5, 5.41) is 15.4. The van der Waals surface area contributed by atoms with Gasteiger partial charge in [0.05, 0.1) is 25.6 Å². The highest BCUT2D eigenvalue weighted by molar-refractivity contribution is 5.75. The monoisotopic (exact) mass is 300 g/mol. The molecule has 0 aliphatic heterocycles. The van der Waals surface area contributed by atoms with Gasteiger partial charge in [-0.2, -0.15) is 0 Å². The third kappa shape index (κ3) is 9.19. The number of amides is 1. The van der Waals surface area contributed by atoms with E-state index in [2.05, 4.69) is 10.6 Å². The van der Waals surface area contributed by atoms with Crippen molar-refractivity contribution < 1.29 is 23.8 Å². The molecule has 1 amide bonds. The van der Waals surface area contributed by atoms with Gasteiger partial charge in [-0.3, -0.25) is 4.79 Å². The number of methoxy groups -OCH3 is 1. The van der Waals surface area contributed by atoms with Gasteiger partial charge in [0.15, 0.2) is 0 Å². The van der Waals surface area contributed by atoms with Crippen LogP contribution in [0.2, 0.25) is 0 Å². The van der Waals surface area contributed by atoms with Crippen molar-refractivity contribution in [2.45, 2.75) is 19.1 Å². The molecule has 120 valence electrons. The lowest BCUT2D eigenvalue weighted by atomic mass is 10.3. The zero-order valence-corrected chi connectivity index (χ0v) is 12.3. The maximum Gasteiger partial charge on any atom is 0.221 e. The number of aliphatic hydroxyl groups is 1. The first-order valence-corrected chi connectivity index (χ1v) is 6.97. The molecule has 0 spiro atoms. The number of carbonyl (C=O) groups is 1. The van der Waals surface area contributed by atoms with E-state index in [9.17, 15) is 9.90 Å². The Morgan fingerprint density at radius 3 is 3.05 bits per heavy atom. The number of rotatable bonds is 12. The van der Waals surface area contributed by atoms with Crippen LogP contribution in [0.15, 0.2) is 22.8 Å². The normalized spacial score (nSPS) is 12.3. The van der Waals surface area contributed by atoms with Gasteiger partial charge < -0.3 is 29.6 Å². The van der Waals surface area contributed by atoms with Crippen LogP contribution in [0, 0.1) is 0 Å². The Hall–Kier alpha value is -1.41. The van der Waals surface area contributed by atoms with E-state index in [1.54, 1.807) is 19.4 Å². The van der Waals surface area contributed by atoms with Crippen molar-refractivity contribution in [1.82, 2.24) is 10.6 Å². The first kappa shape index (κ1) is 17.6. The second kappa shape index (κ2) is 11.3. The molecule has 0 saturated carbocycles. The molecule has 3 N–H and O–H groups in total. The van der Waals surface area contributed by atoms with Crippen LogP contribution >= 0.6 is 0 Å². The Balaban J connectivity index is 1.93. The van der Waals surface area contributed by atoms with E-state index in [0.717, 1.165) is 5.76 Å². The molecule has 0 aliphatic rings. The van der Waals surface area contributed by atoms with Gasteiger partial charge in [0.1, 0.15) is 12.4 Å². The average Bonchev–Trinajstić information content (AvgIpc) is 2.97. The predicted molar refractivity (Wildman–Crippen MR) is 76.7 cm³/mol. The SMILES string of the molecule is COCCNC(=O)CCNCC(O)COCc1ccco1. The Morgan fingerprint density at radius 2 is 2.33 bits per heavy atom. The van der Waals surface area contributed by atoms with E-state index in [1.807, 2.05) is 6.07 Å². The Kier molecular flexibility index (Phi) is 9.47. The van der Waals surface area contributed by atoms with E-state index < -0.39 is 6.10 Å². The first-order chi connectivity index (χ1) is 10.2. The van der Waals surface area contributed by atoms with E-state index in [-0.39, 0.29) is 12.5 Å². The molecule has 21 heavy (non-hydrogen) atoms. The third-order valence-electron chi connectivity index (χ3n) is 2.67. The zero-order valence-electron chi connectivity index (χ0n) is 12.3. The van der Waals surface area contributed by atoms with Crippen LogP contribution in [0.4, 0.5) is 0 Å². The molecule has 0 fully saturated rings. The summed E-state index contributed by atoms with van der Waals surface area (Å²) in [6.45, 7) is 2.46. The molecule has 1 heterocycles. The number of hydrogen-bond donors (Lipinski definition) is 3. The van der Waals surface area contributed by atoms with Gasteiger partial charge in [-0.25, -0.2) is 0 Å². The smallest absolute Gasteiger partial charge is 0.221 e. The minimum atomic E-state index is -0.614.